The lowest BCUT2D eigenvalue weighted by Crippen LogP contribution is -2.25. The maximum atomic E-state index is 12.4. The predicted octanol–water partition coefficient (Wildman–Crippen LogP) is 3.04. The van der Waals surface area contributed by atoms with Crippen molar-refractivity contribution in [3.05, 3.63) is 53.3 Å². The number of pyridine rings is 1. The van der Waals surface area contributed by atoms with Crippen LogP contribution in [-0.2, 0) is 6.54 Å². The first-order valence-corrected chi connectivity index (χ1v) is 8.89. The van der Waals surface area contributed by atoms with Crippen molar-refractivity contribution in [2.45, 2.75) is 38.3 Å². The number of ether oxygens (including phenoxy) is 2. The zero-order chi connectivity index (χ0) is 19.2. The van der Waals surface area contributed by atoms with Crippen molar-refractivity contribution in [3.63, 3.8) is 0 Å². The number of amides is 1. The average molecular weight is 370 g/mol. The van der Waals surface area contributed by atoms with E-state index in [2.05, 4.69) is 10.3 Å². The highest BCUT2D eigenvalue weighted by atomic mass is 16.5. The van der Waals surface area contributed by atoms with Gasteiger partial charge in [0.2, 0.25) is 0 Å². The van der Waals surface area contributed by atoms with Gasteiger partial charge in [0, 0.05) is 12.1 Å². The van der Waals surface area contributed by atoms with E-state index in [4.69, 9.17) is 14.6 Å². The van der Waals surface area contributed by atoms with Gasteiger partial charge in [0.1, 0.15) is 11.4 Å². The van der Waals surface area contributed by atoms with Gasteiger partial charge in [-0.1, -0.05) is 18.2 Å². The number of carbonyl (C=O) groups excluding carboxylic acids is 1. The Bertz CT molecular complexity index is 831. The van der Waals surface area contributed by atoms with Crippen molar-refractivity contribution in [3.8, 4) is 11.5 Å². The Kier molecular flexibility index (Phi) is 5.90. The molecule has 2 aromatic rings. The van der Waals surface area contributed by atoms with Gasteiger partial charge in [-0.2, -0.15) is 0 Å². The molecule has 1 aliphatic rings. The highest BCUT2D eigenvalue weighted by Crippen LogP contribution is 2.34. The van der Waals surface area contributed by atoms with Crippen LogP contribution in [0.4, 0.5) is 0 Å². The van der Waals surface area contributed by atoms with Crippen LogP contribution in [0.2, 0.25) is 0 Å². The number of nitrogens with zero attached hydrogens (tertiary/aromatic N) is 1. The lowest BCUT2D eigenvalue weighted by atomic mass is 10.1. The fourth-order valence-corrected chi connectivity index (χ4v) is 3.11. The molecular formula is C20H22N2O5. The van der Waals surface area contributed by atoms with E-state index in [1.165, 1.54) is 18.2 Å². The van der Waals surface area contributed by atoms with Crippen LogP contribution in [0.25, 0.3) is 0 Å². The highest BCUT2D eigenvalue weighted by Gasteiger charge is 2.21. The standard InChI is InChI=1S/C20H22N2O5/c1-26-17-11-4-6-13(18(17)27-14-7-2-3-8-14)12-21-19(23)15-9-5-10-16(22-15)20(24)25/h4-6,9-11,14H,2-3,7-8,12H2,1H3,(H,21,23)(H,24,25). The molecule has 0 bridgehead atoms. The molecule has 7 nitrogen and oxygen atoms in total. The number of nitrogens with one attached hydrogen (secondary N) is 1. The van der Waals surface area contributed by atoms with Gasteiger partial charge in [0.25, 0.3) is 5.91 Å². The van der Waals surface area contributed by atoms with Crippen LogP contribution < -0.4 is 14.8 Å². The topological polar surface area (TPSA) is 97.8 Å². The largest absolute Gasteiger partial charge is 0.493 e. The fraction of sp³-hybridized carbons (Fsp3) is 0.350. The lowest BCUT2D eigenvalue weighted by molar-refractivity contribution is 0.0690. The van der Waals surface area contributed by atoms with Crippen LogP contribution in [0, 0.1) is 0 Å². The molecule has 1 amide bonds. The van der Waals surface area contributed by atoms with E-state index in [9.17, 15) is 9.59 Å². The molecule has 27 heavy (non-hydrogen) atoms. The molecule has 7 heteroatoms. The molecule has 0 radical (unpaired) electrons. The summed E-state index contributed by atoms with van der Waals surface area (Å²) in [4.78, 5) is 27.2. The quantitative estimate of drug-likeness (QED) is 0.777. The molecule has 1 saturated carbocycles. The van der Waals surface area contributed by atoms with Gasteiger partial charge in [-0.05, 0) is 43.9 Å². The molecular weight excluding hydrogens is 348 g/mol. The fourth-order valence-electron chi connectivity index (χ4n) is 3.11. The zero-order valence-electron chi connectivity index (χ0n) is 15.1. The number of aromatic carboxylic acids is 1. The summed E-state index contributed by atoms with van der Waals surface area (Å²) >= 11 is 0. The van der Waals surface area contributed by atoms with Crippen LogP contribution in [0.3, 0.4) is 0 Å². The van der Waals surface area contributed by atoms with Crippen LogP contribution in [-0.4, -0.2) is 35.2 Å². The minimum atomic E-state index is -1.18. The number of para-hydroxylation sites is 1. The Morgan fingerprint density at radius 2 is 1.85 bits per heavy atom. The first-order chi connectivity index (χ1) is 13.1. The predicted molar refractivity (Wildman–Crippen MR) is 98.2 cm³/mol. The van der Waals surface area contributed by atoms with Crippen LogP contribution in [0.1, 0.15) is 52.2 Å². The van der Waals surface area contributed by atoms with Gasteiger partial charge in [-0.25, -0.2) is 9.78 Å². The summed E-state index contributed by atoms with van der Waals surface area (Å²) < 4.78 is 11.6. The Hall–Kier alpha value is -3.09. The third kappa shape index (κ3) is 4.55. The molecule has 1 fully saturated rings. The van der Waals surface area contributed by atoms with Crippen LogP contribution in [0.5, 0.6) is 11.5 Å². The molecule has 0 saturated heterocycles. The summed E-state index contributed by atoms with van der Waals surface area (Å²) in [5.41, 5.74) is 0.675. The molecule has 142 valence electrons. The zero-order valence-corrected chi connectivity index (χ0v) is 15.1. The maximum Gasteiger partial charge on any atom is 0.354 e. The average Bonchev–Trinajstić information content (AvgIpc) is 3.20. The molecule has 1 heterocycles. The van der Waals surface area contributed by atoms with Crippen molar-refractivity contribution in [1.29, 1.82) is 0 Å². The smallest absolute Gasteiger partial charge is 0.354 e. The molecule has 0 spiro atoms. The van der Waals surface area contributed by atoms with Crippen molar-refractivity contribution >= 4 is 11.9 Å². The number of benzene rings is 1. The van der Waals surface area contributed by atoms with Crippen molar-refractivity contribution in [2.75, 3.05) is 7.11 Å². The number of rotatable bonds is 7. The molecule has 0 atom stereocenters. The lowest BCUT2D eigenvalue weighted by Gasteiger charge is -2.19. The second kappa shape index (κ2) is 8.53. The van der Waals surface area contributed by atoms with Gasteiger partial charge >= 0.3 is 5.97 Å². The monoisotopic (exact) mass is 370 g/mol. The van der Waals surface area contributed by atoms with Gasteiger partial charge in [0.15, 0.2) is 11.5 Å². The molecule has 0 aliphatic heterocycles. The third-order valence-corrected chi connectivity index (χ3v) is 4.51. The molecule has 2 N–H and O–H groups in total. The van der Waals surface area contributed by atoms with Gasteiger partial charge in [0.05, 0.1) is 13.2 Å². The Morgan fingerprint density at radius 1 is 1.15 bits per heavy atom. The van der Waals surface area contributed by atoms with Crippen molar-refractivity contribution in [2.24, 2.45) is 0 Å². The SMILES string of the molecule is COc1cccc(CNC(=O)c2cccc(C(=O)O)n2)c1OC1CCCC1. The molecule has 1 aromatic carbocycles. The van der Waals surface area contributed by atoms with Crippen LogP contribution in [0.15, 0.2) is 36.4 Å². The number of methoxy groups -OCH3 is 1. The highest BCUT2D eigenvalue weighted by molar-refractivity contribution is 5.94. The summed E-state index contributed by atoms with van der Waals surface area (Å²) in [5.74, 6) is -0.364. The number of aromatic nitrogens is 1. The summed E-state index contributed by atoms with van der Waals surface area (Å²) in [6, 6.07) is 9.84. The molecule has 1 aromatic heterocycles. The number of carbonyl (C=O) groups is 2. The third-order valence-electron chi connectivity index (χ3n) is 4.51. The Morgan fingerprint density at radius 3 is 2.56 bits per heavy atom. The Labute approximate surface area is 157 Å². The summed E-state index contributed by atoms with van der Waals surface area (Å²) in [7, 11) is 1.58. The second-order valence-electron chi connectivity index (χ2n) is 6.37. The van der Waals surface area contributed by atoms with E-state index in [1.807, 2.05) is 18.2 Å². The first kappa shape index (κ1) is 18.7. The first-order valence-electron chi connectivity index (χ1n) is 8.89. The Balaban J connectivity index is 1.74. The molecule has 3 rings (SSSR count). The van der Waals surface area contributed by atoms with E-state index >= 15 is 0 Å². The minimum absolute atomic E-state index is 0.0519. The minimum Gasteiger partial charge on any atom is -0.493 e. The van der Waals surface area contributed by atoms with E-state index < -0.39 is 11.9 Å². The van der Waals surface area contributed by atoms with E-state index in [0.29, 0.717) is 11.5 Å². The van der Waals surface area contributed by atoms with Crippen molar-refractivity contribution in [1.82, 2.24) is 10.3 Å². The van der Waals surface area contributed by atoms with E-state index in [1.54, 1.807) is 7.11 Å². The number of hydrogen-bond donors (Lipinski definition) is 2. The molecule has 0 unspecified atom stereocenters. The van der Waals surface area contributed by atoms with Crippen LogP contribution >= 0.6 is 0 Å². The van der Waals surface area contributed by atoms with Gasteiger partial charge in [-0.3, -0.25) is 4.79 Å². The number of carboxylic acids is 1. The van der Waals surface area contributed by atoms with Gasteiger partial charge in [-0.15, -0.1) is 0 Å². The number of carboxylic acid groups (broad SMARTS) is 1. The normalized spacial score (nSPS) is 14.0. The number of hydrogen-bond acceptors (Lipinski definition) is 5. The summed E-state index contributed by atoms with van der Waals surface area (Å²) in [6.45, 7) is 0.219. The second-order valence-corrected chi connectivity index (χ2v) is 6.37. The van der Waals surface area contributed by atoms with E-state index in [-0.39, 0.29) is 24.0 Å². The molecule has 1 aliphatic carbocycles. The van der Waals surface area contributed by atoms with Crippen molar-refractivity contribution < 1.29 is 24.2 Å². The van der Waals surface area contributed by atoms with Gasteiger partial charge < -0.3 is 19.9 Å². The van der Waals surface area contributed by atoms with E-state index in [0.717, 1.165) is 31.2 Å². The summed E-state index contributed by atoms with van der Waals surface area (Å²) in [6.07, 6.45) is 4.48. The summed E-state index contributed by atoms with van der Waals surface area (Å²) in [5, 5.41) is 11.8. The maximum absolute atomic E-state index is 12.4.